The SMILES string of the molecule is COCC(=O)NCc1cc(=O)n2c(n1)CN(Cc1ccco1)CCC2. The van der Waals surface area contributed by atoms with Crippen molar-refractivity contribution in [3.05, 3.63) is 52.1 Å². The lowest BCUT2D eigenvalue weighted by molar-refractivity contribution is -0.124. The standard InChI is InChI=1S/C17H22N4O4/c1-24-12-16(22)18-9-13-8-17(23)21-6-3-5-20(11-15(21)19-13)10-14-4-2-7-25-14/h2,4,7-8H,3,5-6,9-12H2,1H3,(H,18,22). The van der Waals surface area contributed by atoms with Crippen molar-refractivity contribution < 1.29 is 13.9 Å². The second kappa shape index (κ2) is 8.09. The minimum atomic E-state index is -0.237. The number of methoxy groups -OCH3 is 1. The second-order valence-electron chi connectivity index (χ2n) is 6.01. The molecule has 0 aliphatic carbocycles. The van der Waals surface area contributed by atoms with E-state index in [1.807, 2.05) is 12.1 Å². The van der Waals surface area contributed by atoms with Crippen molar-refractivity contribution in [2.75, 3.05) is 20.3 Å². The Balaban J connectivity index is 1.74. The highest BCUT2D eigenvalue weighted by atomic mass is 16.5. The summed E-state index contributed by atoms with van der Waals surface area (Å²) in [5.74, 6) is 1.37. The van der Waals surface area contributed by atoms with Crippen molar-refractivity contribution in [1.82, 2.24) is 19.8 Å². The Labute approximate surface area is 145 Å². The van der Waals surface area contributed by atoms with Crippen LogP contribution in [0.5, 0.6) is 0 Å². The summed E-state index contributed by atoms with van der Waals surface area (Å²) in [5, 5.41) is 2.69. The van der Waals surface area contributed by atoms with Crippen LogP contribution in [0.2, 0.25) is 0 Å². The van der Waals surface area contributed by atoms with Crippen LogP contribution in [0.1, 0.15) is 23.7 Å². The van der Waals surface area contributed by atoms with Gasteiger partial charge in [-0.15, -0.1) is 0 Å². The zero-order valence-electron chi connectivity index (χ0n) is 14.2. The fraction of sp³-hybridized carbons (Fsp3) is 0.471. The smallest absolute Gasteiger partial charge is 0.253 e. The van der Waals surface area contributed by atoms with Crippen LogP contribution in [0.25, 0.3) is 0 Å². The highest BCUT2D eigenvalue weighted by Gasteiger charge is 2.18. The van der Waals surface area contributed by atoms with Gasteiger partial charge in [0.2, 0.25) is 5.91 Å². The van der Waals surface area contributed by atoms with E-state index in [0.29, 0.717) is 31.2 Å². The Bertz CT molecular complexity index is 769. The van der Waals surface area contributed by atoms with Crippen molar-refractivity contribution in [2.24, 2.45) is 0 Å². The number of rotatable bonds is 6. The number of carbonyl (C=O) groups is 1. The van der Waals surface area contributed by atoms with Gasteiger partial charge in [-0.2, -0.15) is 0 Å². The van der Waals surface area contributed by atoms with E-state index < -0.39 is 0 Å². The molecule has 3 rings (SSSR count). The summed E-state index contributed by atoms with van der Waals surface area (Å²) >= 11 is 0. The van der Waals surface area contributed by atoms with Crippen molar-refractivity contribution in [3.8, 4) is 0 Å². The summed E-state index contributed by atoms with van der Waals surface area (Å²) in [6.45, 7) is 2.95. The van der Waals surface area contributed by atoms with Crippen LogP contribution >= 0.6 is 0 Å². The Kier molecular flexibility index (Phi) is 5.62. The number of hydrogen-bond acceptors (Lipinski definition) is 6. The maximum absolute atomic E-state index is 12.4. The molecule has 25 heavy (non-hydrogen) atoms. The first-order valence-corrected chi connectivity index (χ1v) is 8.25. The van der Waals surface area contributed by atoms with E-state index in [1.54, 1.807) is 10.8 Å². The molecule has 8 heteroatoms. The minimum absolute atomic E-state index is 0.0130. The molecule has 1 N–H and O–H groups in total. The van der Waals surface area contributed by atoms with Gasteiger partial charge in [-0.25, -0.2) is 4.98 Å². The first kappa shape index (κ1) is 17.4. The monoisotopic (exact) mass is 346 g/mol. The zero-order chi connectivity index (χ0) is 17.6. The van der Waals surface area contributed by atoms with Crippen LogP contribution < -0.4 is 10.9 Å². The first-order valence-electron chi connectivity index (χ1n) is 8.25. The van der Waals surface area contributed by atoms with Gasteiger partial charge < -0.3 is 14.5 Å². The molecule has 0 fully saturated rings. The summed E-state index contributed by atoms with van der Waals surface area (Å²) in [5.41, 5.74) is 0.474. The highest BCUT2D eigenvalue weighted by molar-refractivity contribution is 5.77. The number of fused-ring (bicyclic) bond motifs is 1. The first-order chi connectivity index (χ1) is 12.2. The Morgan fingerprint density at radius 2 is 2.32 bits per heavy atom. The molecule has 0 saturated heterocycles. The van der Waals surface area contributed by atoms with Crippen LogP contribution in [0.4, 0.5) is 0 Å². The van der Waals surface area contributed by atoms with Gasteiger partial charge in [-0.3, -0.25) is 19.1 Å². The van der Waals surface area contributed by atoms with E-state index in [0.717, 1.165) is 18.7 Å². The number of nitrogens with one attached hydrogen (secondary N) is 1. The van der Waals surface area contributed by atoms with Crippen LogP contribution in [0.15, 0.2) is 33.7 Å². The molecule has 1 aliphatic rings. The maximum Gasteiger partial charge on any atom is 0.253 e. The van der Waals surface area contributed by atoms with Crippen molar-refractivity contribution in [3.63, 3.8) is 0 Å². The van der Waals surface area contributed by atoms with Crippen molar-refractivity contribution >= 4 is 5.91 Å². The molecule has 1 aliphatic heterocycles. The molecule has 1 amide bonds. The molecule has 0 unspecified atom stereocenters. The van der Waals surface area contributed by atoms with Gasteiger partial charge >= 0.3 is 0 Å². The van der Waals surface area contributed by atoms with E-state index in [9.17, 15) is 9.59 Å². The van der Waals surface area contributed by atoms with Gasteiger partial charge in [0.15, 0.2) is 0 Å². The predicted octanol–water partition coefficient (Wildman–Crippen LogP) is 0.505. The van der Waals surface area contributed by atoms with E-state index in [4.69, 9.17) is 9.15 Å². The lowest BCUT2D eigenvalue weighted by atomic mass is 10.3. The molecule has 134 valence electrons. The van der Waals surface area contributed by atoms with Crippen LogP contribution in [-0.4, -0.2) is 40.6 Å². The summed E-state index contributed by atoms with van der Waals surface area (Å²) in [4.78, 5) is 30.7. The summed E-state index contributed by atoms with van der Waals surface area (Å²) in [6, 6.07) is 5.29. The third-order valence-corrected chi connectivity index (χ3v) is 4.06. The topological polar surface area (TPSA) is 89.6 Å². The third kappa shape index (κ3) is 4.55. The minimum Gasteiger partial charge on any atom is -0.468 e. The van der Waals surface area contributed by atoms with Gasteiger partial charge in [-0.05, 0) is 18.6 Å². The number of nitrogens with zero attached hydrogens (tertiary/aromatic N) is 3. The lowest BCUT2D eigenvalue weighted by Crippen LogP contribution is -2.31. The Hall–Kier alpha value is -2.45. The number of furan rings is 1. The zero-order valence-corrected chi connectivity index (χ0v) is 14.2. The molecule has 3 heterocycles. The van der Waals surface area contributed by atoms with E-state index in [-0.39, 0.29) is 24.6 Å². The largest absolute Gasteiger partial charge is 0.468 e. The Morgan fingerprint density at radius 3 is 3.08 bits per heavy atom. The molecule has 0 aromatic carbocycles. The van der Waals surface area contributed by atoms with Gasteiger partial charge in [-0.1, -0.05) is 0 Å². The van der Waals surface area contributed by atoms with E-state index in [1.165, 1.54) is 13.2 Å². The van der Waals surface area contributed by atoms with Crippen LogP contribution in [-0.2, 0) is 35.7 Å². The average molecular weight is 346 g/mol. The molecule has 0 bridgehead atoms. The summed E-state index contributed by atoms with van der Waals surface area (Å²) < 4.78 is 11.9. The molecular formula is C17H22N4O4. The Morgan fingerprint density at radius 1 is 1.44 bits per heavy atom. The maximum atomic E-state index is 12.4. The average Bonchev–Trinajstić information content (AvgIpc) is 2.99. The second-order valence-corrected chi connectivity index (χ2v) is 6.01. The molecular weight excluding hydrogens is 324 g/mol. The van der Waals surface area contributed by atoms with E-state index in [2.05, 4.69) is 15.2 Å². The van der Waals surface area contributed by atoms with Gasteiger partial charge in [0.25, 0.3) is 5.56 Å². The van der Waals surface area contributed by atoms with Gasteiger partial charge in [0, 0.05) is 26.3 Å². The number of amides is 1. The summed E-state index contributed by atoms with van der Waals surface area (Å²) in [7, 11) is 1.46. The predicted molar refractivity (Wildman–Crippen MR) is 89.7 cm³/mol. The third-order valence-electron chi connectivity index (χ3n) is 4.06. The normalized spacial score (nSPS) is 14.8. The fourth-order valence-corrected chi connectivity index (χ4v) is 2.92. The molecule has 0 radical (unpaired) electrons. The van der Waals surface area contributed by atoms with Gasteiger partial charge in [0.05, 0.1) is 31.6 Å². The highest BCUT2D eigenvalue weighted by Crippen LogP contribution is 2.13. The van der Waals surface area contributed by atoms with Crippen LogP contribution in [0, 0.1) is 0 Å². The molecule has 8 nitrogen and oxygen atoms in total. The number of ether oxygens (including phenoxy) is 1. The lowest BCUT2D eigenvalue weighted by Gasteiger charge is -2.18. The molecule has 2 aromatic heterocycles. The van der Waals surface area contributed by atoms with Gasteiger partial charge in [0.1, 0.15) is 18.2 Å². The summed E-state index contributed by atoms with van der Waals surface area (Å²) in [6.07, 6.45) is 2.53. The van der Waals surface area contributed by atoms with Crippen molar-refractivity contribution in [2.45, 2.75) is 32.6 Å². The van der Waals surface area contributed by atoms with Crippen LogP contribution in [0.3, 0.4) is 0 Å². The molecule has 0 spiro atoms. The number of carbonyl (C=O) groups excluding carboxylic acids is 1. The fourth-order valence-electron chi connectivity index (χ4n) is 2.92. The van der Waals surface area contributed by atoms with E-state index >= 15 is 0 Å². The molecule has 0 atom stereocenters. The number of hydrogen-bond donors (Lipinski definition) is 1. The quantitative estimate of drug-likeness (QED) is 0.819. The van der Waals surface area contributed by atoms with Crippen molar-refractivity contribution in [1.29, 1.82) is 0 Å². The molecule has 2 aromatic rings. The molecule has 0 saturated carbocycles. The number of aromatic nitrogens is 2.